The standard InChI is InChI=1S/C16H28N4/c1-16(2,3)19-10-9-17-14-7-8-15(18-13-14)20-11-5-4-6-12-20/h7-8,13,17,19H,4-6,9-12H2,1-3H3. The Labute approximate surface area is 123 Å². The molecule has 0 radical (unpaired) electrons. The lowest BCUT2D eigenvalue weighted by atomic mass is 10.1. The first kappa shape index (κ1) is 15.1. The van der Waals surface area contributed by atoms with Crippen molar-refractivity contribution in [1.82, 2.24) is 10.3 Å². The number of anilines is 2. The van der Waals surface area contributed by atoms with E-state index in [4.69, 9.17) is 0 Å². The summed E-state index contributed by atoms with van der Waals surface area (Å²) in [4.78, 5) is 6.96. The summed E-state index contributed by atoms with van der Waals surface area (Å²) < 4.78 is 0. The lowest BCUT2D eigenvalue weighted by molar-refractivity contribution is 0.435. The smallest absolute Gasteiger partial charge is 0.128 e. The van der Waals surface area contributed by atoms with Crippen LogP contribution in [0.4, 0.5) is 11.5 Å². The van der Waals surface area contributed by atoms with Gasteiger partial charge < -0.3 is 15.5 Å². The summed E-state index contributed by atoms with van der Waals surface area (Å²) >= 11 is 0. The third kappa shape index (κ3) is 5.00. The van der Waals surface area contributed by atoms with Gasteiger partial charge in [0.1, 0.15) is 5.82 Å². The van der Waals surface area contributed by atoms with Gasteiger partial charge >= 0.3 is 0 Å². The third-order valence-electron chi connectivity index (χ3n) is 3.54. The van der Waals surface area contributed by atoms with Gasteiger partial charge in [0, 0.05) is 31.7 Å². The van der Waals surface area contributed by atoms with Crippen LogP contribution in [-0.2, 0) is 0 Å². The molecule has 1 saturated heterocycles. The van der Waals surface area contributed by atoms with E-state index in [0.29, 0.717) is 0 Å². The van der Waals surface area contributed by atoms with Crippen molar-refractivity contribution in [2.75, 3.05) is 36.4 Å². The SMILES string of the molecule is CC(C)(C)NCCNc1ccc(N2CCCCC2)nc1. The predicted molar refractivity (Wildman–Crippen MR) is 86.5 cm³/mol. The van der Waals surface area contributed by atoms with Crippen LogP contribution in [0.3, 0.4) is 0 Å². The number of nitrogens with one attached hydrogen (secondary N) is 2. The maximum Gasteiger partial charge on any atom is 0.128 e. The Morgan fingerprint density at radius 1 is 1.10 bits per heavy atom. The highest BCUT2D eigenvalue weighted by atomic mass is 15.2. The molecular weight excluding hydrogens is 248 g/mol. The van der Waals surface area contributed by atoms with Crippen LogP contribution in [0, 0.1) is 0 Å². The summed E-state index contributed by atoms with van der Waals surface area (Å²) in [5, 5.41) is 6.87. The Kier molecular flexibility index (Phi) is 5.24. The number of pyridine rings is 1. The molecule has 112 valence electrons. The molecule has 4 nitrogen and oxygen atoms in total. The second-order valence-electron chi connectivity index (χ2n) is 6.56. The van der Waals surface area contributed by atoms with E-state index >= 15 is 0 Å². The number of aromatic nitrogens is 1. The Morgan fingerprint density at radius 2 is 1.85 bits per heavy atom. The van der Waals surface area contributed by atoms with Crippen LogP contribution < -0.4 is 15.5 Å². The van der Waals surface area contributed by atoms with Gasteiger partial charge in [0.2, 0.25) is 0 Å². The zero-order chi connectivity index (χ0) is 14.4. The summed E-state index contributed by atoms with van der Waals surface area (Å²) in [5.74, 6) is 1.11. The average molecular weight is 276 g/mol. The molecule has 0 bridgehead atoms. The minimum absolute atomic E-state index is 0.179. The zero-order valence-corrected chi connectivity index (χ0v) is 13.1. The van der Waals surface area contributed by atoms with E-state index < -0.39 is 0 Å². The molecule has 0 aliphatic carbocycles. The molecule has 1 aromatic heterocycles. The van der Waals surface area contributed by atoms with E-state index in [2.05, 4.69) is 53.4 Å². The molecule has 1 aliphatic heterocycles. The fourth-order valence-corrected chi connectivity index (χ4v) is 2.45. The van der Waals surface area contributed by atoms with Crippen molar-refractivity contribution < 1.29 is 0 Å². The van der Waals surface area contributed by atoms with Crippen molar-refractivity contribution in [2.45, 2.75) is 45.6 Å². The molecule has 1 aliphatic rings. The number of hydrogen-bond donors (Lipinski definition) is 2. The van der Waals surface area contributed by atoms with Crippen molar-refractivity contribution >= 4 is 11.5 Å². The van der Waals surface area contributed by atoms with E-state index in [1.165, 1.54) is 19.3 Å². The zero-order valence-electron chi connectivity index (χ0n) is 13.1. The fraction of sp³-hybridized carbons (Fsp3) is 0.688. The van der Waals surface area contributed by atoms with Crippen molar-refractivity contribution in [3.63, 3.8) is 0 Å². The van der Waals surface area contributed by atoms with Crippen LogP contribution in [0.15, 0.2) is 18.3 Å². The molecule has 20 heavy (non-hydrogen) atoms. The van der Waals surface area contributed by atoms with Crippen molar-refractivity contribution in [3.8, 4) is 0 Å². The van der Waals surface area contributed by atoms with Crippen LogP contribution in [0.5, 0.6) is 0 Å². The summed E-state index contributed by atoms with van der Waals surface area (Å²) in [6.07, 6.45) is 5.89. The Balaban J connectivity index is 1.76. The highest BCUT2D eigenvalue weighted by molar-refractivity contribution is 5.48. The van der Waals surface area contributed by atoms with Gasteiger partial charge in [0.05, 0.1) is 11.9 Å². The largest absolute Gasteiger partial charge is 0.383 e. The second-order valence-corrected chi connectivity index (χ2v) is 6.56. The first-order valence-electron chi connectivity index (χ1n) is 7.74. The minimum Gasteiger partial charge on any atom is -0.383 e. The average Bonchev–Trinajstić information content (AvgIpc) is 2.44. The maximum absolute atomic E-state index is 4.57. The van der Waals surface area contributed by atoms with Crippen molar-refractivity contribution in [1.29, 1.82) is 0 Å². The van der Waals surface area contributed by atoms with E-state index in [9.17, 15) is 0 Å². The summed E-state index contributed by atoms with van der Waals surface area (Å²) in [6.45, 7) is 10.7. The molecule has 0 amide bonds. The monoisotopic (exact) mass is 276 g/mol. The van der Waals surface area contributed by atoms with Gasteiger partial charge in [-0.15, -0.1) is 0 Å². The molecule has 2 rings (SSSR count). The Hall–Kier alpha value is -1.29. The molecule has 0 aromatic carbocycles. The normalized spacial score (nSPS) is 16.2. The van der Waals surface area contributed by atoms with E-state index in [1.807, 2.05) is 6.20 Å². The van der Waals surface area contributed by atoms with Gasteiger partial charge in [-0.05, 0) is 52.2 Å². The van der Waals surface area contributed by atoms with E-state index in [1.54, 1.807) is 0 Å². The fourth-order valence-electron chi connectivity index (χ4n) is 2.45. The van der Waals surface area contributed by atoms with E-state index in [-0.39, 0.29) is 5.54 Å². The van der Waals surface area contributed by atoms with E-state index in [0.717, 1.165) is 37.7 Å². The summed E-state index contributed by atoms with van der Waals surface area (Å²) in [7, 11) is 0. The molecule has 1 fully saturated rings. The van der Waals surface area contributed by atoms with Crippen LogP contribution in [-0.4, -0.2) is 36.7 Å². The quantitative estimate of drug-likeness (QED) is 0.811. The van der Waals surface area contributed by atoms with Crippen LogP contribution in [0.1, 0.15) is 40.0 Å². The highest BCUT2D eigenvalue weighted by Crippen LogP contribution is 2.18. The van der Waals surface area contributed by atoms with Crippen molar-refractivity contribution in [3.05, 3.63) is 18.3 Å². The minimum atomic E-state index is 0.179. The number of rotatable bonds is 5. The molecule has 1 aromatic rings. The lowest BCUT2D eigenvalue weighted by Crippen LogP contribution is -2.38. The van der Waals surface area contributed by atoms with Gasteiger partial charge in [-0.3, -0.25) is 0 Å². The highest BCUT2D eigenvalue weighted by Gasteiger charge is 2.11. The molecule has 2 heterocycles. The maximum atomic E-state index is 4.57. The molecule has 0 saturated carbocycles. The van der Waals surface area contributed by atoms with Gasteiger partial charge in [-0.1, -0.05) is 0 Å². The Bertz CT molecular complexity index is 388. The Morgan fingerprint density at radius 3 is 2.45 bits per heavy atom. The van der Waals surface area contributed by atoms with Crippen LogP contribution >= 0.6 is 0 Å². The molecule has 2 N–H and O–H groups in total. The van der Waals surface area contributed by atoms with Gasteiger partial charge in [-0.2, -0.15) is 0 Å². The molecule has 4 heteroatoms. The summed E-state index contributed by atoms with van der Waals surface area (Å²) in [5.41, 5.74) is 1.28. The number of nitrogens with zero attached hydrogens (tertiary/aromatic N) is 2. The van der Waals surface area contributed by atoms with Crippen molar-refractivity contribution in [2.24, 2.45) is 0 Å². The first-order chi connectivity index (χ1) is 9.54. The lowest BCUT2D eigenvalue weighted by Gasteiger charge is -2.27. The van der Waals surface area contributed by atoms with Gasteiger partial charge in [0.25, 0.3) is 0 Å². The number of piperidine rings is 1. The topological polar surface area (TPSA) is 40.2 Å². The van der Waals surface area contributed by atoms with Gasteiger partial charge in [-0.25, -0.2) is 4.98 Å². The second kappa shape index (κ2) is 6.93. The first-order valence-corrected chi connectivity index (χ1v) is 7.74. The summed E-state index contributed by atoms with van der Waals surface area (Å²) in [6, 6.07) is 4.26. The number of hydrogen-bond acceptors (Lipinski definition) is 4. The molecular formula is C16H28N4. The molecule has 0 atom stereocenters. The molecule has 0 spiro atoms. The van der Waals surface area contributed by atoms with Gasteiger partial charge in [0.15, 0.2) is 0 Å². The third-order valence-corrected chi connectivity index (χ3v) is 3.54. The predicted octanol–water partition coefficient (Wildman–Crippen LogP) is 2.87. The van der Waals surface area contributed by atoms with Crippen LogP contribution in [0.25, 0.3) is 0 Å². The molecule has 0 unspecified atom stereocenters. The van der Waals surface area contributed by atoms with Crippen LogP contribution in [0.2, 0.25) is 0 Å².